The zero-order chi connectivity index (χ0) is 15.2. The highest BCUT2D eigenvalue weighted by Crippen LogP contribution is 2.39. The van der Waals surface area contributed by atoms with Crippen LogP contribution >= 0.6 is 15.9 Å². The largest absolute Gasteiger partial charge is 0.416 e. The van der Waals surface area contributed by atoms with Gasteiger partial charge in [0.1, 0.15) is 0 Å². The van der Waals surface area contributed by atoms with Crippen LogP contribution in [0.25, 0.3) is 0 Å². The van der Waals surface area contributed by atoms with Crippen LogP contribution in [-0.4, -0.2) is 24.0 Å². The molecule has 1 saturated heterocycles. The standard InChI is InChI=1S/C15H18BrF3N2/c16-11-3-1-10(13(5-11)15(17,18)19)7-21-6-9-2-4-14(20)12(9)8-21/h1,3,5,9,12,14H,2,4,6-8,20H2. The van der Waals surface area contributed by atoms with E-state index in [2.05, 4.69) is 20.8 Å². The first kappa shape index (κ1) is 15.3. The number of alkyl halides is 3. The Morgan fingerprint density at radius 3 is 2.67 bits per heavy atom. The lowest BCUT2D eigenvalue weighted by molar-refractivity contribution is -0.138. The highest BCUT2D eigenvalue weighted by atomic mass is 79.9. The minimum Gasteiger partial charge on any atom is -0.327 e. The molecule has 2 aliphatic rings. The smallest absolute Gasteiger partial charge is 0.327 e. The highest BCUT2D eigenvalue weighted by molar-refractivity contribution is 9.10. The van der Waals surface area contributed by atoms with Gasteiger partial charge in [-0.25, -0.2) is 0 Å². The Labute approximate surface area is 130 Å². The molecule has 3 atom stereocenters. The fraction of sp³-hybridized carbons (Fsp3) is 0.600. The van der Waals surface area contributed by atoms with Gasteiger partial charge in [0.25, 0.3) is 0 Å². The Balaban J connectivity index is 1.77. The quantitative estimate of drug-likeness (QED) is 0.870. The second-order valence-corrected chi connectivity index (χ2v) is 7.07. The van der Waals surface area contributed by atoms with Gasteiger partial charge in [-0.15, -0.1) is 0 Å². The van der Waals surface area contributed by atoms with Crippen molar-refractivity contribution < 1.29 is 13.2 Å². The Hall–Kier alpha value is -0.590. The fourth-order valence-corrected chi connectivity index (χ4v) is 4.08. The van der Waals surface area contributed by atoms with Crippen LogP contribution in [0.4, 0.5) is 13.2 Å². The van der Waals surface area contributed by atoms with Gasteiger partial charge in [-0.1, -0.05) is 22.0 Å². The maximum Gasteiger partial charge on any atom is 0.416 e. The van der Waals surface area contributed by atoms with Gasteiger partial charge in [-0.3, -0.25) is 4.90 Å². The van der Waals surface area contributed by atoms with Crippen molar-refractivity contribution >= 4 is 15.9 Å². The normalized spacial score (nSPS) is 29.9. The molecular weight excluding hydrogens is 345 g/mol. The fourth-order valence-electron chi connectivity index (χ4n) is 3.72. The molecule has 1 heterocycles. The van der Waals surface area contributed by atoms with E-state index in [9.17, 15) is 13.2 Å². The van der Waals surface area contributed by atoms with Crippen molar-refractivity contribution in [2.75, 3.05) is 13.1 Å². The Kier molecular flexibility index (Phi) is 4.05. The van der Waals surface area contributed by atoms with E-state index in [0.29, 0.717) is 28.4 Å². The van der Waals surface area contributed by atoms with Gasteiger partial charge in [0.15, 0.2) is 0 Å². The molecule has 2 nitrogen and oxygen atoms in total. The Bertz CT molecular complexity index is 532. The summed E-state index contributed by atoms with van der Waals surface area (Å²) in [5, 5.41) is 0. The zero-order valence-electron chi connectivity index (χ0n) is 11.5. The molecule has 6 heteroatoms. The van der Waals surface area contributed by atoms with Crippen LogP contribution in [0.1, 0.15) is 24.0 Å². The topological polar surface area (TPSA) is 29.3 Å². The maximum absolute atomic E-state index is 13.1. The third kappa shape index (κ3) is 3.12. The second kappa shape index (κ2) is 5.56. The first-order chi connectivity index (χ1) is 9.84. The van der Waals surface area contributed by atoms with Crippen molar-refractivity contribution in [1.82, 2.24) is 4.90 Å². The summed E-state index contributed by atoms with van der Waals surface area (Å²) in [7, 11) is 0. The maximum atomic E-state index is 13.1. The van der Waals surface area contributed by atoms with Crippen LogP contribution in [0.2, 0.25) is 0 Å². The average molecular weight is 363 g/mol. The summed E-state index contributed by atoms with van der Waals surface area (Å²) < 4.78 is 39.9. The van der Waals surface area contributed by atoms with Gasteiger partial charge in [0, 0.05) is 30.1 Å². The van der Waals surface area contributed by atoms with E-state index in [1.54, 1.807) is 12.1 Å². The summed E-state index contributed by atoms with van der Waals surface area (Å²) in [5.41, 5.74) is 5.88. The minimum atomic E-state index is -4.31. The van der Waals surface area contributed by atoms with Crippen molar-refractivity contribution in [1.29, 1.82) is 0 Å². The molecular formula is C15H18BrF3N2. The van der Waals surface area contributed by atoms with Crippen LogP contribution < -0.4 is 5.73 Å². The first-order valence-electron chi connectivity index (χ1n) is 7.18. The van der Waals surface area contributed by atoms with Crippen LogP contribution in [0.15, 0.2) is 22.7 Å². The van der Waals surface area contributed by atoms with Crippen LogP contribution in [-0.2, 0) is 12.7 Å². The van der Waals surface area contributed by atoms with Crippen molar-refractivity contribution in [3.05, 3.63) is 33.8 Å². The molecule has 1 aliphatic heterocycles. The highest BCUT2D eigenvalue weighted by Gasteiger charge is 2.41. The molecule has 2 fully saturated rings. The van der Waals surface area contributed by atoms with Gasteiger partial charge in [-0.2, -0.15) is 13.2 Å². The summed E-state index contributed by atoms with van der Waals surface area (Å²) in [6.45, 7) is 2.03. The third-order valence-corrected chi connectivity index (χ3v) is 5.25. The van der Waals surface area contributed by atoms with Crippen LogP contribution in [0, 0.1) is 11.8 Å². The molecule has 116 valence electrons. The Morgan fingerprint density at radius 1 is 1.24 bits per heavy atom. The molecule has 3 rings (SSSR count). The molecule has 0 aromatic heterocycles. The minimum absolute atomic E-state index is 0.215. The van der Waals surface area contributed by atoms with E-state index in [-0.39, 0.29) is 6.04 Å². The number of nitrogens with zero attached hydrogens (tertiary/aromatic N) is 1. The molecule has 21 heavy (non-hydrogen) atoms. The van der Waals surface area contributed by atoms with Crippen LogP contribution in [0.5, 0.6) is 0 Å². The van der Waals surface area contributed by atoms with Gasteiger partial charge in [0.2, 0.25) is 0 Å². The van der Waals surface area contributed by atoms with Crippen LogP contribution in [0.3, 0.4) is 0 Å². The van der Waals surface area contributed by atoms with E-state index in [0.717, 1.165) is 32.0 Å². The molecule has 0 amide bonds. The van der Waals surface area contributed by atoms with E-state index in [1.807, 2.05) is 0 Å². The predicted molar refractivity (Wildman–Crippen MR) is 78.6 cm³/mol. The Morgan fingerprint density at radius 2 is 2.00 bits per heavy atom. The number of rotatable bonds is 2. The number of benzene rings is 1. The lowest BCUT2D eigenvalue weighted by Gasteiger charge is -2.21. The summed E-state index contributed by atoms with van der Waals surface area (Å²) >= 11 is 3.12. The van der Waals surface area contributed by atoms with Crippen molar-refractivity contribution in [3.63, 3.8) is 0 Å². The molecule has 1 aromatic carbocycles. The lowest BCUT2D eigenvalue weighted by atomic mass is 9.98. The lowest BCUT2D eigenvalue weighted by Crippen LogP contribution is -2.30. The van der Waals surface area contributed by atoms with Crippen molar-refractivity contribution in [3.8, 4) is 0 Å². The van der Waals surface area contributed by atoms with E-state index < -0.39 is 11.7 Å². The monoisotopic (exact) mass is 362 g/mol. The summed E-state index contributed by atoms with van der Waals surface area (Å²) in [5.74, 6) is 1.01. The predicted octanol–water partition coefficient (Wildman–Crippen LogP) is 3.64. The number of fused-ring (bicyclic) bond motifs is 1. The molecule has 1 aromatic rings. The van der Waals surface area contributed by atoms with Gasteiger partial charge in [-0.05, 0) is 42.4 Å². The molecule has 1 saturated carbocycles. The summed E-state index contributed by atoms with van der Waals surface area (Å²) in [6, 6.07) is 4.62. The SMILES string of the molecule is NC1CCC2CN(Cc3ccc(Br)cc3C(F)(F)F)CC12. The van der Waals surface area contributed by atoms with Gasteiger partial charge < -0.3 is 5.73 Å². The van der Waals surface area contributed by atoms with Crippen molar-refractivity contribution in [2.24, 2.45) is 17.6 Å². The summed E-state index contributed by atoms with van der Waals surface area (Å²) in [4.78, 5) is 2.12. The number of halogens is 4. The molecule has 0 spiro atoms. The van der Waals surface area contributed by atoms with Gasteiger partial charge in [0.05, 0.1) is 5.56 Å². The average Bonchev–Trinajstić information content (AvgIpc) is 2.93. The number of hydrogen-bond acceptors (Lipinski definition) is 2. The number of hydrogen-bond donors (Lipinski definition) is 1. The zero-order valence-corrected chi connectivity index (χ0v) is 13.1. The van der Waals surface area contributed by atoms with E-state index in [1.165, 1.54) is 0 Å². The molecule has 3 unspecified atom stereocenters. The number of likely N-dealkylation sites (tertiary alicyclic amines) is 1. The number of nitrogens with two attached hydrogens (primary N) is 1. The first-order valence-corrected chi connectivity index (χ1v) is 7.97. The summed E-state index contributed by atoms with van der Waals surface area (Å²) in [6.07, 6.45) is -2.16. The van der Waals surface area contributed by atoms with E-state index in [4.69, 9.17) is 5.73 Å². The molecule has 1 aliphatic carbocycles. The third-order valence-electron chi connectivity index (χ3n) is 4.76. The second-order valence-electron chi connectivity index (χ2n) is 6.16. The van der Waals surface area contributed by atoms with E-state index >= 15 is 0 Å². The van der Waals surface area contributed by atoms with Crippen molar-refractivity contribution in [2.45, 2.75) is 31.6 Å². The molecule has 0 radical (unpaired) electrons. The molecule has 0 bridgehead atoms. The molecule has 2 N–H and O–H groups in total. The van der Waals surface area contributed by atoms with Gasteiger partial charge >= 0.3 is 6.18 Å².